The molecule has 0 aliphatic heterocycles. The molecular formula is C12H13ClN2O2. The monoisotopic (exact) mass is 252 g/mol. The first kappa shape index (κ1) is 13.5. The summed E-state index contributed by atoms with van der Waals surface area (Å²) in [4.78, 5) is 19.0. The van der Waals surface area contributed by atoms with E-state index in [1.165, 1.54) is 6.07 Å². The molecule has 0 unspecified atom stereocenters. The predicted octanol–water partition coefficient (Wildman–Crippen LogP) is 3.55. The largest absolute Gasteiger partial charge is 0.456 e. The van der Waals surface area contributed by atoms with Gasteiger partial charge in [-0.2, -0.15) is 0 Å². The number of halogens is 1. The van der Waals surface area contributed by atoms with Gasteiger partial charge in [0.05, 0.1) is 5.02 Å². The van der Waals surface area contributed by atoms with Gasteiger partial charge in [0.15, 0.2) is 0 Å². The molecule has 0 fully saturated rings. The molecule has 17 heavy (non-hydrogen) atoms. The van der Waals surface area contributed by atoms with Gasteiger partial charge in [-0.3, -0.25) is 0 Å². The second kappa shape index (κ2) is 4.72. The molecule has 0 saturated carbocycles. The Morgan fingerprint density at radius 3 is 2.53 bits per heavy atom. The van der Waals surface area contributed by atoms with Gasteiger partial charge in [-0.25, -0.2) is 4.79 Å². The Morgan fingerprint density at radius 1 is 1.53 bits per heavy atom. The van der Waals surface area contributed by atoms with Gasteiger partial charge < -0.3 is 9.58 Å². The molecule has 0 aromatic carbocycles. The maximum Gasteiger partial charge on any atom is 0.344 e. The lowest BCUT2D eigenvalue weighted by Gasteiger charge is -2.19. The smallest absolute Gasteiger partial charge is 0.344 e. The molecule has 0 amide bonds. The van der Waals surface area contributed by atoms with Crippen molar-refractivity contribution >= 4 is 23.4 Å². The zero-order valence-electron chi connectivity index (χ0n) is 10.2. The van der Waals surface area contributed by atoms with Crippen LogP contribution in [0.3, 0.4) is 0 Å². The molecule has 90 valence electrons. The van der Waals surface area contributed by atoms with Crippen LogP contribution < -0.4 is 0 Å². The molecule has 1 rings (SSSR count). The van der Waals surface area contributed by atoms with E-state index in [9.17, 15) is 4.79 Å². The topological polar surface area (TPSA) is 43.5 Å². The number of aryl methyl sites for hydroxylation is 1. The summed E-state index contributed by atoms with van der Waals surface area (Å²) in [6.07, 6.45) is 0. The molecular weight excluding hydrogens is 240 g/mol. The Bertz CT molecular complexity index is 475. The quantitative estimate of drug-likeness (QED) is 0.567. The SMILES string of the molecule is [C-]#[N+]c1cc(Cl)c(C(=O)OC(C)(C)C)c(C)n1. The van der Waals surface area contributed by atoms with Crippen LogP contribution in [0.4, 0.5) is 5.82 Å². The first-order chi connectivity index (χ1) is 7.74. The van der Waals surface area contributed by atoms with Gasteiger partial charge in [-0.15, -0.1) is 4.98 Å². The summed E-state index contributed by atoms with van der Waals surface area (Å²) in [6.45, 7) is 13.8. The lowest BCUT2D eigenvalue weighted by Crippen LogP contribution is -2.24. The molecule has 0 spiro atoms. The van der Waals surface area contributed by atoms with Crippen molar-refractivity contribution in [2.45, 2.75) is 33.3 Å². The van der Waals surface area contributed by atoms with Crippen molar-refractivity contribution in [3.8, 4) is 0 Å². The second-order valence-electron chi connectivity index (χ2n) is 4.54. The third kappa shape index (κ3) is 3.43. The van der Waals surface area contributed by atoms with Gasteiger partial charge in [0.2, 0.25) is 0 Å². The van der Waals surface area contributed by atoms with Crippen LogP contribution in [0.2, 0.25) is 5.02 Å². The van der Waals surface area contributed by atoms with E-state index < -0.39 is 11.6 Å². The van der Waals surface area contributed by atoms with Crippen molar-refractivity contribution in [2.24, 2.45) is 0 Å². The number of pyridine rings is 1. The number of carbonyl (C=O) groups is 1. The van der Waals surface area contributed by atoms with Gasteiger partial charge in [-0.05, 0) is 26.8 Å². The zero-order valence-corrected chi connectivity index (χ0v) is 10.9. The van der Waals surface area contributed by atoms with Crippen LogP contribution in [-0.2, 0) is 4.74 Å². The van der Waals surface area contributed by atoms with E-state index in [4.69, 9.17) is 22.9 Å². The zero-order chi connectivity index (χ0) is 13.2. The summed E-state index contributed by atoms with van der Waals surface area (Å²) in [5.74, 6) is -0.358. The van der Waals surface area contributed by atoms with Gasteiger partial charge >= 0.3 is 5.97 Å². The Balaban J connectivity index is 3.16. The molecule has 0 N–H and O–H groups in total. The first-order valence-electron chi connectivity index (χ1n) is 5.02. The number of hydrogen-bond acceptors (Lipinski definition) is 3. The summed E-state index contributed by atoms with van der Waals surface area (Å²) in [5.41, 5.74) is 0.0254. The van der Waals surface area contributed by atoms with Crippen molar-refractivity contribution in [1.29, 1.82) is 0 Å². The van der Waals surface area contributed by atoms with Crippen molar-refractivity contribution in [1.82, 2.24) is 4.98 Å². The molecule has 0 bridgehead atoms. The molecule has 0 aliphatic carbocycles. The van der Waals surface area contributed by atoms with E-state index >= 15 is 0 Å². The summed E-state index contributed by atoms with van der Waals surface area (Å²) in [7, 11) is 0. The maximum absolute atomic E-state index is 11.9. The highest BCUT2D eigenvalue weighted by molar-refractivity contribution is 6.34. The highest BCUT2D eigenvalue weighted by Crippen LogP contribution is 2.25. The average Bonchev–Trinajstić information content (AvgIpc) is 2.13. The normalized spacial score (nSPS) is 10.8. The number of nitrogens with zero attached hydrogens (tertiary/aromatic N) is 2. The number of rotatable bonds is 1. The number of hydrogen-bond donors (Lipinski definition) is 0. The Labute approximate surface area is 105 Å². The van der Waals surface area contributed by atoms with Gasteiger partial charge in [0.1, 0.15) is 16.9 Å². The molecule has 4 nitrogen and oxygen atoms in total. The van der Waals surface area contributed by atoms with E-state index in [0.29, 0.717) is 5.69 Å². The summed E-state index contributed by atoms with van der Waals surface area (Å²) >= 11 is 5.95. The van der Waals surface area contributed by atoms with Crippen LogP contribution in [0.25, 0.3) is 4.85 Å². The van der Waals surface area contributed by atoms with Crippen LogP contribution in [-0.4, -0.2) is 16.6 Å². The predicted molar refractivity (Wildman–Crippen MR) is 65.4 cm³/mol. The van der Waals surface area contributed by atoms with Gasteiger partial charge in [-0.1, -0.05) is 18.2 Å². The van der Waals surface area contributed by atoms with Crippen LogP contribution in [0, 0.1) is 13.5 Å². The van der Waals surface area contributed by atoms with Crippen LogP contribution in [0.5, 0.6) is 0 Å². The highest BCUT2D eigenvalue weighted by Gasteiger charge is 2.24. The summed E-state index contributed by atoms with van der Waals surface area (Å²) < 4.78 is 5.22. The second-order valence-corrected chi connectivity index (χ2v) is 4.94. The number of esters is 1. The molecule has 0 atom stereocenters. The van der Waals surface area contributed by atoms with Crippen LogP contribution in [0.15, 0.2) is 6.07 Å². The lowest BCUT2D eigenvalue weighted by molar-refractivity contribution is 0.00685. The average molecular weight is 253 g/mol. The minimum absolute atomic E-state index is 0.166. The van der Waals surface area contributed by atoms with Crippen molar-refractivity contribution in [3.05, 3.63) is 33.8 Å². The Kier molecular flexibility index (Phi) is 3.74. The number of ether oxygens (including phenoxy) is 1. The Hall–Kier alpha value is -1.60. The molecule has 0 saturated heterocycles. The molecule has 0 aliphatic rings. The lowest BCUT2D eigenvalue weighted by atomic mass is 10.1. The van der Waals surface area contributed by atoms with E-state index in [-0.39, 0.29) is 16.4 Å². The Morgan fingerprint density at radius 2 is 2.12 bits per heavy atom. The highest BCUT2D eigenvalue weighted by atomic mass is 35.5. The van der Waals surface area contributed by atoms with E-state index in [2.05, 4.69) is 9.83 Å². The summed E-state index contributed by atoms with van der Waals surface area (Å²) in [6, 6.07) is 1.36. The fourth-order valence-electron chi connectivity index (χ4n) is 1.25. The minimum Gasteiger partial charge on any atom is -0.456 e. The summed E-state index contributed by atoms with van der Waals surface area (Å²) in [5, 5.41) is 0.192. The first-order valence-corrected chi connectivity index (χ1v) is 5.40. The maximum atomic E-state index is 11.9. The van der Waals surface area contributed by atoms with E-state index in [1.807, 2.05) is 0 Å². The fourth-order valence-corrected chi connectivity index (χ4v) is 1.56. The minimum atomic E-state index is -0.592. The van der Waals surface area contributed by atoms with Crippen molar-refractivity contribution < 1.29 is 9.53 Å². The van der Waals surface area contributed by atoms with E-state index in [0.717, 1.165) is 0 Å². The van der Waals surface area contributed by atoms with Crippen molar-refractivity contribution in [2.75, 3.05) is 0 Å². The third-order valence-electron chi connectivity index (χ3n) is 1.86. The van der Waals surface area contributed by atoms with Gasteiger partial charge in [0.25, 0.3) is 5.82 Å². The molecule has 1 aromatic heterocycles. The van der Waals surface area contributed by atoms with Crippen LogP contribution in [0.1, 0.15) is 36.8 Å². The van der Waals surface area contributed by atoms with E-state index in [1.54, 1.807) is 27.7 Å². The van der Waals surface area contributed by atoms with Crippen LogP contribution >= 0.6 is 11.6 Å². The molecule has 5 heteroatoms. The molecule has 0 radical (unpaired) electrons. The molecule has 1 heterocycles. The van der Waals surface area contributed by atoms with Gasteiger partial charge in [0, 0.05) is 6.92 Å². The number of carbonyl (C=O) groups excluding carboxylic acids is 1. The van der Waals surface area contributed by atoms with Crippen molar-refractivity contribution in [3.63, 3.8) is 0 Å². The molecule has 1 aromatic rings. The third-order valence-corrected chi connectivity index (χ3v) is 2.15. The fraction of sp³-hybridized carbons (Fsp3) is 0.417. The standard InChI is InChI=1S/C12H13ClN2O2/c1-7-10(11(16)17-12(2,3)4)8(13)6-9(14-5)15-7/h6H,1-4H3. The number of aromatic nitrogens is 1.